The summed E-state index contributed by atoms with van der Waals surface area (Å²) >= 11 is 5.76. The van der Waals surface area contributed by atoms with Crippen LogP contribution in [-0.2, 0) is 16.1 Å². The summed E-state index contributed by atoms with van der Waals surface area (Å²) in [5.41, 5.74) is 1.30. The molecular weight excluding hydrogens is 260 g/mol. The molecule has 0 aromatic heterocycles. The maximum atomic E-state index is 12.0. The van der Waals surface area contributed by atoms with E-state index in [1.54, 1.807) is 32.0 Å². The van der Waals surface area contributed by atoms with E-state index in [0.717, 1.165) is 5.56 Å². The van der Waals surface area contributed by atoms with Crippen LogP contribution in [0.5, 0.6) is 0 Å². The molecule has 6 heteroatoms. The summed E-state index contributed by atoms with van der Waals surface area (Å²) < 4.78 is 27.9. The van der Waals surface area contributed by atoms with Gasteiger partial charge in [0, 0.05) is 19.0 Å². The third-order valence-electron chi connectivity index (χ3n) is 2.45. The van der Waals surface area contributed by atoms with Crippen LogP contribution in [0.1, 0.15) is 19.4 Å². The average molecular weight is 277 g/mol. The molecule has 0 unspecified atom stereocenters. The molecule has 0 saturated carbocycles. The molecule has 96 valence electrons. The third-order valence-corrected chi connectivity index (χ3v) is 4.41. The molecule has 0 fully saturated rings. The van der Waals surface area contributed by atoms with E-state index < -0.39 is 10.2 Å². The van der Waals surface area contributed by atoms with E-state index in [1.165, 1.54) is 4.31 Å². The Kier molecular flexibility index (Phi) is 5.24. The van der Waals surface area contributed by atoms with Gasteiger partial charge in [0.1, 0.15) is 0 Å². The maximum absolute atomic E-state index is 12.0. The molecule has 0 aliphatic heterocycles. The van der Waals surface area contributed by atoms with Gasteiger partial charge in [-0.1, -0.05) is 32.0 Å². The highest BCUT2D eigenvalue weighted by Crippen LogP contribution is 2.19. The molecule has 0 bridgehead atoms. The van der Waals surface area contributed by atoms with Gasteiger partial charge in [-0.2, -0.15) is 12.7 Å². The summed E-state index contributed by atoms with van der Waals surface area (Å²) in [5.74, 6) is 0.275. The van der Waals surface area contributed by atoms with Crippen molar-refractivity contribution in [1.29, 1.82) is 0 Å². The van der Waals surface area contributed by atoms with Gasteiger partial charge in [-0.3, -0.25) is 4.72 Å². The molecule has 0 heterocycles. The van der Waals surface area contributed by atoms with Crippen LogP contribution in [0.3, 0.4) is 0 Å². The third kappa shape index (κ3) is 3.59. The van der Waals surface area contributed by atoms with Gasteiger partial charge in [-0.05, 0) is 11.6 Å². The molecule has 1 rings (SSSR count). The largest absolute Gasteiger partial charge is 0.301 e. The Bertz CT molecular complexity index is 458. The molecule has 0 amide bonds. The molecule has 0 saturated heterocycles. The lowest BCUT2D eigenvalue weighted by atomic mass is 10.2. The van der Waals surface area contributed by atoms with Crippen molar-refractivity contribution in [2.45, 2.75) is 19.7 Å². The number of anilines is 1. The Morgan fingerprint density at radius 3 is 2.35 bits per heavy atom. The Balaban J connectivity index is 2.97. The Morgan fingerprint density at radius 2 is 1.82 bits per heavy atom. The predicted molar refractivity (Wildman–Crippen MR) is 71.5 cm³/mol. The lowest BCUT2D eigenvalue weighted by Gasteiger charge is -2.20. The van der Waals surface area contributed by atoms with Crippen LogP contribution >= 0.6 is 11.6 Å². The predicted octanol–water partition coefficient (Wildman–Crippen LogP) is 2.42. The number of para-hydroxylation sites is 1. The van der Waals surface area contributed by atoms with Gasteiger partial charge in [-0.15, -0.1) is 11.6 Å². The van der Waals surface area contributed by atoms with E-state index in [0.29, 0.717) is 18.8 Å². The van der Waals surface area contributed by atoms with E-state index >= 15 is 0 Å². The minimum atomic E-state index is -3.48. The number of alkyl halides is 1. The fourth-order valence-electron chi connectivity index (χ4n) is 1.50. The molecule has 0 atom stereocenters. The van der Waals surface area contributed by atoms with Crippen molar-refractivity contribution in [3.8, 4) is 0 Å². The minimum Gasteiger partial charge on any atom is -0.271 e. The van der Waals surface area contributed by atoms with Gasteiger partial charge in [0.05, 0.1) is 5.69 Å². The zero-order chi connectivity index (χ0) is 12.9. The summed E-state index contributed by atoms with van der Waals surface area (Å²) in [4.78, 5) is 0. The second-order valence-electron chi connectivity index (χ2n) is 3.48. The van der Waals surface area contributed by atoms with Crippen molar-refractivity contribution in [1.82, 2.24) is 4.31 Å². The number of hydrogen-bond donors (Lipinski definition) is 1. The van der Waals surface area contributed by atoms with Crippen LogP contribution in [0.25, 0.3) is 0 Å². The summed E-state index contributed by atoms with van der Waals surface area (Å²) in [5, 5.41) is 0. The number of benzene rings is 1. The smallest absolute Gasteiger partial charge is 0.271 e. The highest BCUT2D eigenvalue weighted by molar-refractivity contribution is 7.90. The lowest BCUT2D eigenvalue weighted by Crippen LogP contribution is -2.35. The summed E-state index contributed by atoms with van der Waals surface area (Å²) in [6.07, 6.45) is 0. The fourth-order valence-corrected chi connectivity index (χ4v) is 3.02. The minimum absolute atomic E-state index is 0.275. The molecular formula is C11H17ClN2O2S. The first-order valence-electron chi connectivity index (χ1n) is 5.46. The van der Waals surface area contributed by atoms with Crippen molar-refractivity contribution in [2.24, 2.45) is 0 Å². The van der Waals surface area contributed by atoms with Gasteiger partial charge in [0.2, 0.25) is 0 Å². The first-order chi connectivity index (χ1) is 8.05. The van der Waals surface area contributed by atoms with E-state index in [4.69, 9.17) is 11.6 Å². The fraction of sp³-hybridized carbons (Fsp3) is 0.455. The molecule has 0 aliphatic rings. The quantitative estimate of drug-likeness (QED) is 0.811. The van der Waals surface area contributed by atoms with E-state index in [-0.39, 0.29) is 5.88 Å². The summed E-state index contributed by atoms with van der Waals surface area (Å²) in [7, 11) is -3.48. The Hall–Kier alpha value is -0.780. The van der Waals surface area contributed by atoms with Gasteiger partial charge in [0.15, 0.2) is 0 Å². The molecule has 0 spiro atoms. The van der Waals surface area contributed by atoms with Crippen LogP contribution in [-0.4, -0.2) is 25.8 Å². The second-order valence-corrected chi connectivity index (χ2v) is 5.42. The van der Waals surface area contributed by atoms with Crippen LogP contribution in [0.15, 0.2) is 24.3 Å². The number of rotatable bonds is 6. The molecule has 1 N–H and O–H groups in total. The Labute approximate surface area is 108 Å². The first kappa shape index (κ1) is 14.3. The van der Waals surface area contributed by atoms with Crippen LogP contribution < -0.4 is 4.72 Å². The SMILES string of the molecule is CCN(CC)S(=O)(=O)Nc1ccccc1CCl. The van der Waals surface area contributed by atoms with Crippen LogP contribution in [0.2, 0.25) is 0 Å². The maximum Gasteiger partial charge on any atom is 0.301 e. The molecule has 0 radical (unpaired) electrons. The van der Waals surface area contributed by atoms with Crippen LogP contribution in [0, 0.1) is 0 Å². The topological polar surface area (TPSA) is 49.4 Å². The summed E-state index contributed by atoms with van der Waals surface area (Å²) in [6, 6.07) is 7.11. The Morgan fingerprint density at radius 1 is 1.24 bits per heavy atom. The van der Waals surface area contributed by atoms with E-state index in [1.807, 2.05) is 6.07 Å². The number of nitrogens with one attached hydrogen (secondary N) is 1. The van der Waals surface area contributed by atoms with Crippen molar-refractivity contribution >= 4 is 27.5 Å². The van der Waals surface area contributed by atoms with E-state index in [2.05, 4.69) is 4.72 Å². The first-order valence-corrected chi connectivity index (χ1v) is 7.44. The van der Waals surface area contributed by atoms with Crippen LogP contribution in [0.4, 0.5) is 5.69 Å². The number of hydrogen-bond acceptors (Lipinski definition) is 2. The van der Waals surface area contributed by atoms with E-state index in [9.17, 15) is 8.42 Å². The normalized spacial score (nSPS) is 11.8. The zero-order valence-electron chi connectivity index (χ0n) is 9.98. The van der Waals surface area contributed by atoms with Crippen molar-refractivity contribution in [2.75, 3.05) is 17.8 Å². The highest BCUT2D eigenvalue weighted by atomic mass is 35.5. The molecule has 0 aliphatic carbocycles. The second kappa shape index (κ2) is 6.23. The van der Waals surface area contributed by atoms with Gasteiger partial charge in [0.25, 0.3) is 0 Å². The standard InChI is InChI=1S/C11H17ClN2O2S/c1-3-14(4-2)17(15,16)13-11-8-6-5-7-10(11)9-12/h5-8,13H,3-4,9H2,1-2H3. The summed E-state index contributed by atoms with van der Waals surface area (Å²) in [6.45, 7) is 4.48. The number of halogens is 1. The number of nitrogens with zero attached hydrogens (tertiary/aromatic N) is 1. The van der Waals surface area contributed by atoms with Gasteiger partial charge < -0.3 is 0 Å². The average Bonchev–Trinajstić information content (AvgIpc) is 2.30. The molecule has 4 nitrogen and oxygen atoms in total. The van der Waals surface area contributed by atoms with Gasteiger partial charge in [-0.25, -0.2) is 0 Å². The monoisotopic (exact) mass is 276 g/mol. The molecule has 17 heavy (non-hydrogen) atoms. The van der Waals surface area contributed by atoms with Crippen molar-refractivity contribution in [3.63, 3.8) is 0 Å². The highest BCUT2D eigenvalue weighted by Gasteiger charge is 2.19. The molecule has 1 aromatic carbocycles. The lowest BCUT2D eigenvalue weighted by molar-refractivity contribution is 0.449. The van der Waals surface area contributed by atoms with Gasteiger partial charge >= 0.3 is 10.2 Å². The van der Waals surface area contributed by atoms with Crippen molar-refractivity contribution in [3.05, 3.63) is 29.8 Å². The van der Waals surface area contributed by atoms with Crippen molar-refractivity contribution < 1.29 is 8.42 Å². The zero-order valence-corrected chi connectivity index (χ0v) is 11.6. The molecule has 1 aromatic rings.